The monoisotopic (exact) mass is 369 g/mol. The second kappa shape index (κ2) is 8.04. The van der Waals surface area contributed by atoms with E-state index >= 15 is 0 Å². The van der Waals surface area contributed by atoms with Crippen LogP contribution < -0.4 is 5.73 Å². The van der Waals surface area contributed by atoms with Gasteiger partial charge in [0, 0.05) is 44.1 Å². The molecule has 8 heteroatoms. The molecule has 1 amide bonds. The number of likely N-dealkylation sites (tertiary alicyclic amines) is 2. The molecule has 0 aromatic carbocycles. The maximum atomic E-state index is 12.6. The standard InChI is InChI=1S/C19H27N7O/c20-18-11-16(3-6-21-18)19(27)25-9-4-15(5-10-25)12-26-14-17(22-23-26)13-24-7-1-2-8-24/h3,6,11,14-15H,1-2,4-5,7-10,12-13H2,(H2,20,21). The lowest BCUT2D eigenvalue weighted by Gasteiger charge is -2.32. The van der Waals surface area contributed by atoms with Crippen LogP contribution >= 0.6 is 0 Å². The highest BCUT2D eigenvalue weighted by molar-refractivity contribution is 5.94. The third-order valence-electron chi connectivity index (χ3n) is 5.55. The summed E-state index contributed by atoms with van der Waals surface area (Å²) in [5.74, 6) is 0.945. The number of nitrogen functional groups attached to an aromatic ring is 1. The first-order valence-corrected chi connectivity index (χ1v) is 9.79. The third kappa shape index (κ3) is 4.44. The fourth-order valence-electron chi connectivity index (χ4n) is 4.02. The first-order valence-electron chi connectivity index (χ1n) is 9.79. The van der Waals surface area contributed by atoms with Crippen LogP contribution in [0.5, 0.6) is 0 Å². The summed E-state index contributed by atoms with van der Waals surface area (Å²) in [6.07, 6.45) is 8.20. The molecule has 0 bridgehead atoms. The molecular weight excluding hydrogens is 342 g/mol. The maximum absolute atomic E-state index is 12.6. The molecule has 2 aliphatic rings. The van der Waals surface area contributed by atoms with Crippen molar-refractivity contribution in [2.45, 2.75) is 38.8 Å². The number of hydrogen-bond acceptors (Lipinski definition) is 6. The summed E-state index contributed by atoms with van der Waals surface area (Å²) in [6, 6.07) is 3.37. The van der Waals surface area contributed by atoms with Crippen LogP contribution in [-0.2, 0) is 13.1 Å². The summed E-state index contributed by atoms with van der Waals surface area (Å²) < 4.78 is 1.97. The highest BCUT2D eigenvalue weighted by atomic mass is 16.2. The van der Waals surface area contributed by atoms with Crippen molar-refractivity contribution in [1.29, 1.82) is 0 Å². The summed E-state index contributed by atoms with van der Waals surface area (Å²) in [5.41, 5.74) is 7.36. The minimum Gasteiger partial charge on any atom is -0.384 e. The topological polar surface area (TPSA) is 93.2 Å². The molecule has 4 heterocycles. The van der Waals surface area contributed by atoms with Crippen LogP contribution in [0.25, 0.3) is 0 Å². The number of anilines is 1. The number of nitrogens with zero attached hydrogens (tertiary/aromatic N) is 6. The summed E-state index contributed by atoms with van der Waals surface area (Å²) in [5, 5.41) is 8.63. The van der Waals surface area contributed by atoms with Crippen molar-refractivity contribution in [3.63, 3.8) is 0 Å². The molecule has 0 spiro atoms. The predicted octanol–water partition coefficient (Wildman–Crippen LogP) is 1.40. The summed E-state index contributed by atoms with van der Waals surface area (Å²) in [7, 11) is 0. The fourth-order valence-corrected chi connectivity index (χ4v) is 4.02. The Balaban J connectivity index is 1.27. The highest BCUT2D eigenvalue weighted by Crippen LogP contribution is 2.21. The Kier molecular flexibility index (Phi) is 5.33. The van der Waals surface area contributed by atoms with Crippen molar-refractivity contribution in [2.75, 3.05) is 31.9 Å². The van der Waals surface area contributed by atoms with E-state index in [9.17, 15) is 4.79 Å². The number of pyridine rings is 1. The second-order valence-electron chi connectivity index (χ2n) is 7.62. The van der Waals surface area contributed by atoms with Crippen molar-refractivity contribution in [3.8, 4) is 0 Å². The molecule has 144 valence electrons. The molecule has 0 saturated carbocycles. The Bertz CT molecular complexity index is 776. The van der Waals surface area contributed by atoms with Crippen LogP contribution in [0.3, 0.4) is 0 Å². The number of carbonyl (C=O) groups is 1. The van der Waals surface area contributed by atoms with Crippen molar-refractivity contribution in [1.82, 2.24) is 29.8 Å². The zero-order valence-electron chi connectivity index (χ0n) is 15.6. The van der Waals surface area contributed by atoms with E-state index in [-0.39, 0.29) is 5.91 Å². The van der Waals surface area contributed by atoms with Crippen molar-refractivity contribution in [3.05, 3.63) is 35.8 Å². The van der Waals surface area contributed by atoms with Crippen LogP contribution in [0.2, 0.25) is 0 Å². The van der Waals surface area contributed by atoms with Gasteiger partial charge in [0.25, 0.3) is 5.91 Å². The zero-order valence-corrected chi connectivity index (χ0v) is 15.6. The number of piperidine rings is 1. The Morgan fingerprint density at radius 2 is 1.96 bits per heavy atom. The van der Waals surface area contributed by atoms with Gasteiger partial charge < -0.3 is 10.6 Å². The van der Waals surface area contributed by atoms with E-state index in [1.165, 1.54) is 25.9 Å². The van der Waals surface area contributed by atoms with Gasteiger partial charge in [-0.25, -0.2) is 4.98 Å². The molecule has 8 nitrogen and oxygen atoms in total. The van der Waals surface area contributed by atoms with Gasteiger partial charge in [0.2, 0.25) is 0 Å². The van der Waals surface area contributed by atoms with Crippen LogP contribution in [0, 0.1) is 5.92 Å². The van der Waals surface area contributed by atoms with Gasteiger partial charge in [0.1, 0.15) is 5.82 Å². The molecule has 2 aromatic heterocycles. The lowest BCUT2D eigenvalue weighted by Crippen LogP contribution is -2.39. The molecule has 2 fully saturated rings. The van der Waals surface area contributed by atoms with Gasteiger partial charge in [-0.2, -0.15) is 0 Å². The van der Waals surface area contributed by atoms with E-state index in [1.54, 1.807) is 18.3 Å². The summed E-state index contributed by atoms with van der Waals surface area (Å²) in [6.45, 7) is 5.65. The lowest BCUT2D eigenvalue weighted by molar-refractivity contribution is 0.0681. The van der Waals surface area contributed by atoms with Gasteiger partial charge in [-0.05, 0) is 56.8 Å². The number of hydrogen-bond donors (Lipinski definition) is 1. The molecular formula is C19H27N7O. The predicted molar refractivity (Wildman–Crippen MR) is 102 cm³/mol. The molecule has 4 rings (SSSR count). The largest absolute Gasteiger partial charge is 0.384 e. The number of nitrogens with two attached hydrogens (primary N) is 1. The quantitative estimate of drug-likeness (QED) is 0.856. The van der Waals surface area contributed by atoms with E-state index in [0.29, 0.717) is 17.3 Å². The molecule has 27 heavy (non-hydrogen) atoms. The SMILES string of the molecule is Nc1cc(C(=O)N2CCC(Cn3cc(CN4CCCC4)nn3)CC2)ccn1. The number of carbonyl (C=O) groups excluding carboxylic acids is 1. The average Bonchev–Trinajstić information content (AvgIpc) is 3.34. The van der Waals surface area contributed by atoms with E-state index in [4.69, 9.17) is 5.73 Å². The average molecular weight is 369 g/mol. The molecule has 2 saturated heterocycles. The van der Waals surface area contributed by atoms with Gasteiger partial charge in [-0.15, -0.1) is 5.10 Å². The molecule has 2 N–H and O–H groups in total. The summed E-state index contributed by atoms with van der Waals surface area (Å²) >= 11 is 0. The molecule has 0 unspecified atom stereocenters. The highest BCUT2D eigenvalue weighted by Gasteiger charge is 2.24. The first kappa shape index (κ1) is 17.9. The normalized spacial score (nSPS) is 18.9. The number of rotatable bonds is 5. The smallest absolute Gasteiger partial charge is 0.254 e. The molecule has 0 aliphatic carbocycles. The Labute approximate surface area is 159 Å². The van der Waals surface area contributed by atoms with Gasteiger partial charge in [0.15, 0.2) is 0 Å². The van der Waals surface area contributed by atoms with E-state index in [0.717, 1.165) is 44.7 Å². The first-order chi connectivity index (χ1) is 13.2. The number of amides is 1. The summed E-state index contributed by atoms with van der Waals surface area (Å²) in [4.78, 5) is 20.9. The molecule has 0 atom stereocenters. The van der Waals surface area contributed by atoms with Crippen LogP contribution in [0.4, 0.5) is 5.82 Å². The Morgan fingerprint density at radius 3 is 2.70 bits per heavy atom. The number of aromatic nitrogens is 4. The second-order valence-corrected chi connectivity index (χ2v) is 7.62. The Hall–Kier alpha value is -2.48. The third-order valence-corrected chi connectivity index (χ3v) is 5.55. The van der Waals surface area contributed by atoms with Gasteiger partial charge in [0.05, 0.1) is 5.69 Å². The van der Waals surface area contributed by atoms with Crippen molar-refractivity contribution >= 4 is 11.7 Å². The van der Waals surface area contributed by atoms with Gasteiger partial charge in [-0.1, -0.05) is 5.21 Å². The zero-order chi connectivity index (χ0) is 18.6. The minimum atomic E-state index is 0.0382. The van der Waals surface area contributed by atoms with Gasteiger partial charge >= 0.3 is 0 Å². The van der Waals surface area contributed by atoms with Crippen molar-refractivity contribution < 1.29 is 4.79 Å². The van der Waals surface area contributed by atoms with E-state index in [2.05, 4.69) is 26.4 Å². The van der Waals surface area contributed by atoms with E-state index < -0.39 is 0 Å². The van der Waals surface area contributed by atoms with Crippen LogP contribution in [0.15, 0.2) is 24.5 Å². The van der Waals surface area contributed by atoms with Crippen LogP contribution in [-0.4, -0.2) is 61.9 Å². The molecule has 0 radical (unpaired) electrons. The van der Waals surface area contributed by atoms with Gasteiger partial charge in [-0.3, -0.25) is 14.4 Å². The molecule has 2 aromatic rings. The lowest BCUT2D eigenvalue weighted by atomic mass is 9.96. The minimum absolute atomic E-state index is 0.0382. The molecule has 2 aliphatic heterocycles. The fraction of sp³-hybridized carbons (Fsp3) is 0.579. The van der Waals surface area contributed by atoms with E-state index in [1.807, 2.05) is 9.58 Å². The van der Waals surface area contributed by atoms with Crippen molar-refractivity contribution in [2.24, 2.45) is 5.92 Å². The maximum Gasteiger partial charge on any atom is 0.254 e. The van der Waals surface area contributed by atoms with Crippen LogP contribution in [0.1, 0.15) is 41.7 Å². The Morgan fingerprint density at radius 1 is 1.19 bits per heavy atom.